The molecule has 0 unspecified atom stereocenters. The van der Waals surface area contributed by atoms with Crippen LogP contribution in [-0.2, 0) is 44.7 Å². The second-order valence-corrected chi connectivity index (χ2v) is 31.2. The number of rotatable bonds is 34. The second-order valence-electron chi connectivity index (χ2n) is 31.2. The summed E-state index contributed by atoms with van der Waals surface area (Å²) in [7, 11) is 0. The van der Waals surface area contributed by atoms with Crippen LogP contribution in [0.1, 0.15) is 208 Å². The number of carbonyl (C=O) groups excluding carboxylic acids is 4. The predicted molar refractivity (Wildman–Crippen MR) is 411 cm³/mol. The van der Waals surface area contributed by atoms with E-state index in [9.17, 15) is 19.2 Å². The van der Waals surface area contributed by atoms with Crippen LogP contribution < -0.4 is 72.9 Å². The Morgan fingerprint density at radius 2 is 0.712 bits per heavy atom. The van der Waals surface area contributed by atoms with Crippen LogP contribution in [-0.4, -0.2) is 130 Å². The molecule has 0 radical (unpaired) electrons. The Labute approximate surface area is 615 Å². The van der Waals surface area contributed by atoms with Crippen LogP contribution >= 0.6 is 0 Å². The van der Waals surface area contributed by atoms with E-state index in [1.807, 2.05) is 55.4 Å². The monoisotopic (exact) mass is 1440 g/mol. The van der Waals surface area contributed by atoms with Crippen LogP contribution in [0.15, 0.2) is 60.7 Å². The van der Waals surface area contributed by atoms with Gasteiger partial charge in [-0.15, -0.1) is 0 Å². The quantitative estimate of drug-likeness (QED) is 0.0179. The van der Waals surface area contributed by atoms with Crippen molar-refractivity contribution in [3.8, 4) is 23.0 Å². The first-order chi connectivity index (χ1) is 49.1. The summed E-state index contributed by atoms with van der Waals surface area (Å²) in [6.07, 6.45) is 4.22. The van der Waals surface area contributed by atoms with Crippen LogP contribution in [0.2, 0.25) is 0 Å². The van der Waals surface area contributed by atoms with E-state index in [4.69, 9.17) is 49.9 Å². The number of amides is 4. The molecular weight excluding hydrogens is 1320 g/mol. The van der Waals surface area contributed by atoms with E-state index < -0.39 is 46.3 Å². The molecule has 104 heavy (non-hydrogen) atoms. The minimum Gasteiger partial charge on any atom is -0.493 e. The molecule has 1 aliphatic carbocycles. The number of nitrogens with one attached hydrogen (secondary N) is 8. The molecule has 0 saturated heterocycles. The molecule has 12 N–H and O–H groups in total. The van der Waals surface area contributed by atoms with Gasteiger partial charge in [0.2, 0.25) is 47.5 Å². The molecule has 26 heteroatoms. The van der Waals surface area contributed by atoms with Gasteiger partial charge < -0.3 is 82.4 Å². The lowest BCUT2D eigenvalue weighted by atomic mass is 9.90. The number of aromatic nitrogens is 6. The van der Waals surface area contributed by atoms with Gasteiger partial charge in [-0.25, -0.2) is 9.59 Å². The number of nitrogens with two attached hydrogens (primary N) is 2. The van der Waals surface area contributed by atoms with Crippen LogP contribution in [0.5, 0.6) is 23.0 Å². The van der Waals surface area contributed by atoms with Gasteiger partial charge >= 0.3 is 12.2 Å². The van der Waals surface area contributed by atoms with E-state index in [2.05, 4.69) is 151 Å². The van der Waals surface area contributed by atoms with Gasteiger partial charge in [0.05, 0.1) is 26.4 Å². The largest absolute Gasteiger partial charge is 0.493 e. The molecule has 4 aromatic carbocycles. The Balaban J connectivity index is 1.24. The van der Waals surface area contributed by atoms with E-state index in [-0.39, 0.29) is 72.4 Å². The molecule has 1 aliphatic rings. The molecule has 2 aromatic heterocycles. The third-order valence-corrected chi connectivity index (χ3v) is 16.3. The minimum atomic E-state index is -0.790. The van der Waals surface area contributed by atoms with Gasteiger partial charge in [-0.2, -0.15) is 29.9 Å². The number of hydrogen-bond acceptors (Lipinski definition) is 22. The molecule has 6 aromatic rings. The molecule has 0 fully saturated rings. The smallest absolute Gasteiger partial charge is 0.408 e. The molecule has 0 spiro atoms. The Hall–Kier alpha value is -9.62. The zero-order chi connectivity index (χ0) is 76.1. The number of benzene rings is 4. The van der Waals surface area contributed by atoms with E-state index >= 15 is 0 Å². The van der Waals surface area contributed by atoms with Crippen molar-refractivity contribution < 1.29 is 47.6 Å². The minimum absolute atomic E-state index is 0.00982. The number of alkyl carbamates (subject to hydrolysis) is 2. The highest BCUT2D eigenvalue weighted by Crippen LogP contribution is 2.42. The highest BCUT2D eigenvalue weighted by molar-refractivity contribution is 5.86. The Morgan fingerprint density at radius 1 is 0.423 bits per heavy atom. The number of hydrogen-bond donors (Lipinski definition) is 10. The van der Waals surface area contributed by atoms with Crippen LogP contribution in [0, 0.1) is 22.7 Å². The summed E-state index contributed by atoms with van der Waals surface area (Å²) in [6, 6.07) is 19.2. The van der Waals surface area contributed by atoms with Gasteiger partial charge in [-0.05, 0) is 149 Å². The normalized spacial score (nSPS) is 13.0. The van der Waals surface area contributed by atoms with Crippen LogP contribution in [0.3, 0.4) is 0 Å². The van der Waals surface area contributed by atoms with Gasteiger partial charge in [0.25, 0.3) is 0 Å². The SMILES string of the molecule is CCCOc1c2cccc1Cc1cc(Nc3nc(N)nc(NCC(C)(C)CNC(=O)[C@H](CC(C)C)NC(=O)OC(C)(C)C)n3)cc(c1OCCC)Cc1cccc(c1OCCC)Cc1cc(Nc3nc(N)nc(NCC(C)(C)CNC(=O)[C@H](CC(C)C)NC(=O)OC(C)(C)C)n3)cc(c1OCCC)C2. The average Bonchev–Trinajstić information content (AvgIpc) is 0.778. The first-order valence-electron chi connectivity index (χ1n) is 36.7. The molecule has 568 valence electrons. The van der Waals surface area contributed by atoms with Gasteiger partial charge in [-0.3, -0.25) is 9.59 Å². The zero-order valence-electron chi connectivity index (χ0n) is 64.7. The standard InChI is InChI=1S/C78H116N16O10/c1-19-29-99-61-49-25-23-26-50(61)36-54-40-58(86-72-92-68(80)90-70(94-72)84-46-78(17,18)44-82-66(96)60(34-48(7)8)88-74(98)104-76(12,13)14)42-56(64(54)102-32-22-4)38-52-28-24-27-51(62(52)100-30-20-2)37-55-41-57(39-53(35-49)63(55)101-31-21-3)85-71-91-67(79)89-69(93-71)83-45-77(15,16)43-81-65(95)59(33-47(5)6)87-73(97)103-75(9,10)11/h23-28,39-42,47-48,59-60H,19-22,29-38,43-46H2,1-18H3,(H,81,95)(H,82,96)(H,87,97)(H,88,98)(H4,79,83,85,89,91,93)(H4,80,84,86,90,92,94)/t59-,60-/m0/s1. The second kappa shape index (κ2) is 37.2. The van der Waals surface area contributed by atoms with Crippen molar-refractivity contribution in [2.24, 2.45) is 22.7 Å². The summed E-state index contributed by atoms with van der Waals surface area (Å²) in [5.74, 6) is 3.46. The number of para-hydroxylation sites is 2. The molecular formula is C78H116N16O10. The maximum absolute atomic E-state index is 13.6. The fourth-order valence-corrected chi connectivity index (χ4v) is 11.7. The summed E-state index contributed by atoms with van der Waals surface area (Å²) < 4.78 is 38.5. The third-order valence-electron chi connectivity index (χ3n) is 16.3. The molecule has 2 heterocycles. The Kier molecular flexibility index (Phi) is 29.2. The molecule has 7 rings (SSSR count). The van der Waals surface area contributed by atoms with Crippen molar-refractivity contribution in [2.75, 3.05) is 85.3 Å². The highest BCUT2D eigenvalue weighted by Gasteiger charge is 2.31. The average molecular weight is 1440 g/mol. The van der Waals surface area contributed by atoms with E-state index in [1.165, 1.54) is 0 Å². The topological polar surface area (TPSA) is 349 Å². The fraction of sp³-hybridized carbons (Fsp3) is 0.564. The first-order valence-corrected chi connectivity index (χ1v) is 36.7. The number of fused-ring (bicyclic) bond motifs is 8. The van der Waals surface area contributed by atoms with Gasteiger partial charge in [0.1, 0.15) is 46.3 Å². The summed E-state index contributed by atoms with van der Waals surface area (Å²) >= 11 is 0. The van der Waals surface area contributed by atoms with E-state index in [0.29, 0.717) is 89.4 Å². The molecule has 8 bridgehead atoms. The molecule has 26 nitrogen and oxygen atoms in total. The lowest BCUT2D eigenvalue weighted by Crippen LogP contribution is -2.50. The number of nitrogen functional groups attached to an aromatic ring is 2. The number of nitrogens with zero attached hydrogens (tertiary/aromatic N) is 6. The molecule has 4 amide bonds. The fourth-order valence-electron chi connectivity index (χ4n) is 11.7. The maximum Gasteiger partial charge on any atom is 0.408 e. The summed E-state index contributed by atoms with van der Waals surface area (Å²) in [6.45, 7) is 38.0. The van der Waals surface area contributed by atoms with Crippen LogP contribution in [0.25, 0.3) is 0 Å². The van der Waals surface area contributed by atoms with E-state index in [0.717, 1.165) is 93.2 Å². The number of carbonyl (C=O) groups is 4. The molecule has 0 aliphatic heterocycles. The zero-order valence-corrected chi connectivity index (χ0v) is 64.7. The maximum atomic E-state index is 13.6. The highest BCUT2D eigenvalue weighted by atomic mass is 16.6. The van der Waals surface area contributed by atoms with Crippen molar-refractivity contribution >= 4 is 71.1 Å². The summed E-state index contributed by atoms with van der Waals surface area (Å²) in [5.41, 5.74) is 19.1. The van der Waals surface area contributed by atoms with Gasteiger partial charge in [0.15, 0.2) is 0 Å². The van der Waals surface area contributed by atoms with Crippen molar-refractivity contribution in [1.82, 2.24) is 51.2 Å². The number of ether oxygens (including phenoxy) is 6. The summed E-state index contributed by atoms with van der Waals surface area (Å²) in [5, 5.41) is 25.3. The van der Waals surface area contributed by atoms with E-state index in [1.54, 1.807) is 41.5 Å². The molecule has 2 atom stereocenters. The number of anilines is 8. The van der Waals surface area contributed by atoms with Crippen molar-refractivity contribution in [3.63, 3.8) is 0 Å². The van der Waals surface area contributed by atoms with Gasteiger partial charge in [0, 0.05) is 85.5 Å². The van der Waals surface area contributed by atoms with Crippen molar-refractivity contribution in [1.29, 1.82) is 0 Å². The Morgan fingerprint density at radius 3 is 0.990 bits per heavy atom. The van der Waals surface area contributed by atoms with Gasteiger partial charge in [-0.1, -0.05) is 119 Å². The lowest BCUT2D eigenvalue weighted by Gasteiger charge is -2.28. The summed E-state index contributed by atoms with van der Waals surface area (Å²) in [4.78, 5) is 80.5. The Bertz CT molecular complexity index is 3530. The van der Waals surface area contributed by atoms with Crippen molar-refractivity contribution in [2.45, 2.75) is 212 Å². The predicted octanol–water partition coefficient (Wildman–Crippen LogP) is 13.5. The molecule has 0 saturated carbocycles. The third kappa shape index (κ3) is 26.0. The van der Waals surface area contributed by atoms with Crippen molar-refractivity contribution in [3.05, 3.63) is 105 Å². The first kappa shape index (κ1) is 81.7. The lowest BCUT2D eigenvalue weighted by molar-refractivity contribution is -0.124. The van der Waals surface area contributed by atoms with Crippen LogP contribution in [0.4, 0.5) is 56.7 Å².